The maximum absolute atomic E-state index is 5.83. The number of hydrogen-bond donors (Lipinski definition) is 2. The number of guanidine groups is 1. The van der Waals surface area contributed by atoms with Gasteiger partial charge in [-0.2, -0.15) is 11.8 Å². The molecule has 0 bridgehead atoms. The monoisotopic (exact) mass is 303 g/mol. The van der Waals surface area contributed by atoms with Crippen LogP contribution in [-0.4, -0.2) is 63.5 Å². The predicted molar refractivity (Wildman–Crippen MR) is 86.8 cm³/mol. The average Bonchev–Trinajstić information content (AvgIpc) is 2.48. The van der Waals surface area contributed by atoms with Crippen molar-refractivity contribution in [1.29, 1.82) is 0 Å². The number of thioether (sulfide) groups is 1. The van der Waals surface area contributed by atoms with Crippen LogP contribution in [0.5, 0.6) is 0 Å². The maximum Gasteiger partial charge on any atom is 0.191 e. The van der Waals surface area contributed by atoms with Crippen molar-refractivity contribution in [3.05, 3.63) is 0 Å². The number of nitrogens with zero attached hydrogens (tertiary/aromatic N) is 1. The molecule has 0 amide bonds. The molecule has 0 radical (unpaired) electrons. The lowest BCUT2D eigenvalue weighted by Gasteiger charge is -2.22. The van der Waals surface area contributed by atoms with Crippen LogP contribution in [0.15, 0.2) is 4.99 Å². The Morgan fingerprint density at radius 1 is 1.35 bits per heavy atom. The fourth-order valence-electron chi connectivity index (χ4n) is 1.96. The lowest BCUT2D eigenvalue weighted by atomic mass is 10.1. The van der Waals surface area contributed by atoms with Crippen molar-refractivity contribution in [1.82, 2.24) is 10.6 Å². The Morgan fingerprint density at radius 2 is 2.15 bits per heavy atom. The van der Waals surface area contributed by atoms with Crippen molar-refractivity contribution in [2.24, 2.45) is 4.99 Å². The highest BCUT2D eigenvalue weighted by atomic mass is 32.2. The summed E-state index contributed by atoms with van der Waals surface area (Å²) < 4.78 is 11.1. The second-order valence-electron chi connectivity index (χ2n) is 4.72. The Kier molecular flexibility index (Phi) is 10.8. The SMILES string of the molecule is CCNC(=NCCCOC1CCOCC1)NCCSC. The Balaban J connectivity index is 2.08. The molecule has 0 aromatic rings. The molecule has 2 N–H and O–H groups in total. The summed E-state index contributed by atoms with van der Waals surface area (Å²) in [6, 6.07) is 0. The Morgan fingerprint density at radius 3 is 2.85 bits per heavy atom. The van der Waals surface area contributed by atoms with Gasteiger partial charge in [0.15, 0.2) is 5.96 Å². The fourth-order valence-corrected chi connectivity index (χ4v) is 2.27. The summed E-state index contributed by atoms with van der Waals surface area (Å²) in [6.45, 7) is 7.20. The first-order valence-electron chi connectivity index (χ1n) is 7.57. The van der Waals surface area contributed by atoms with Crippen LogP contribution in [-0.2, 0) is 9.47 Å². The predicted octanol–water partition coefficient (Wildman–Crippen LogP) is 1.49. The van der Waals surface area contributed by atoms with Gasteiger partial charge in [0, 0.05) is 45.2 Å². The minimum absolute atomic E-state index is 0.390. The minimum Gasteiger partial charge on any atom is -0.381 e. The third-order valence-corrected chi connectivity index (χ3v) is 3.65. The largest absolute Gasteiger partial charge is 0.381 e. The molecule has 0 aromatic heterocycles. The topological polar surface area (TPSA) is 54.9 Å². The molecule has 20 heavy (non-hydrogen) atoms. The smallest absolute Gasteiger partial charge is 0.191 e. The molecule has 0 unspecified atom stereocenters. The van der Waals surface area contributed by atoms with E-state index >= 15 is 0 Å². The van der Waals surface area contributed by atoms with E-state index in [9.17, 15) is 0 Å². The highest BCUT2D eigenvalue weighted by molar-refractivity contribution is 7.98. The zero-order chi connectivity index (χ0) is 14.5. The molecule has 0 spiro atoms. The zero-order valence-corrected chi connectivity index (χ0v) is 13.6. The number of rotatable bonds is 9. The fraction of sp³-hybridized carbons (Fsp3) is 0.929. The first kappa shape index (κ1) is 17.6. The van der Waals surface area contributed by atoms with Gasteiger partial charge in [0.2, 0.25) is 0 Å². The lowest BCUT2D eigenvalue weighted by molar-refractivity contribution is -0.0318. The third-order valence-electron chi connectivity index (χ3n) is 3.04. The van der Waals surface area contributed by atoms with Crippen LogP contribution in [0, 0.1) is 0 Å². The van der Waals surface area contributed by atoms with Gasteiger partial charge in [-0.3, -0.25) is 4.99 Å². The summed E-state index contributed by atoms with van der Waals surface area (Å²) in [5.74, 6) is 2.00. The van der Waals surface area contributed by atoms with Crippen molar-refractivity contribution in [3.63, 3.8) is 0 Å². The van der Waals surface area contributed by atoms with Crippen molar-refractivity contribution in [2.45, 2.75) is 32.3 Å². The molecule has 6 heteroatoms. The van der Waals surface area contributed by atoms with Crippen LogP contribution < -0.4 is 10.6 Å². The summed E-state index contributed by atoms with van der Waals surface area (Å²) >= 11 is 1.83. The van der Waals surface area contributed by atoms with E-state index in [0.29, 0.717) is 6.10 Å². The molecular weight excluding hydrogens is 274 g/mol. The second kappa shape index (κ2) is 12.3. The van der Waals surface area contributed by atoms with Crippen LogP contribution >= 0.6 is 11.8 Å². The molecule has 0 aromatic carbocycles. The van der Waals surface area contributed by atoms with E-state index < -0.39 is 0 Å². The van der Waals surface area contributed by atoms with Gasteiger partial charge in [0.25, 0.3) is 0 Å². The first-order chi connectivity index (χ1) is 9.86. The summed E-state index contributed by atoms with van der Waals surface area (Å²) in [5.41, 5.74) is 0. The molecule has 1 aliphatic heterocycles. The molecule has 0 saturated carbocycles. The standard InChI is InChI=1S/C14H29N3O2S/c1-3-15-14(17-8-12-20-2)16-7-4-9-19-13-5-10-18-11-6-13/h13H,3-12H2,1-2H3,(H2,15,16,17). The number of nitrogens with one attached hydrogen (secondary N) is 2. The molecule has 1 aliphatic rings. The number of aliphatic imine (C=N–C) groups is 1. The Bertz CT molecular complexity index is 259. The average molecular weight is 303 g/mol. The van der Waals surface area contributed by atoms with Crippen LogP contribution in [0.2, 0.25) is 0 Å². The summed E-state index contributed by atoms with van der Waals surface area (Å²) in [5, 5.41) is 6.58. The minimum atomic E-state index is 0.390. The number of ether oxygens (including phenoxy) is 2. The highest BCUT2D eigenvalue weighted by Crippen LogP contribution is 2.10. The van der Waals surface area contributed by atoms with Crippen LogP contribution in [0.3, 0.4) is 0 Å². The molecule has 0 atom stereocenters. The molecule has 1 rings (SSSR count). The quantitative estimate of drug-likeness (QED) is 0.384. The van der Waals surface area contributed by atoms with E-state index in [1.807, 2.05) is 11.8 Å². The Hall–Kier alpha value is -0.460. The number of hydrogen-bond acceptors (Lipinski definition) is 4. The van der Waals surface area contributed by atoms with Crippen molar-refractivity contribution in [3.8, 4) is 0 Å². The van der Waals surface area contributed by atoms with Gasteiger partial charge in [-0.05, 0) is 32.4 Å². The molecule has 1 heterocycles. The normalized spacial score (nSPS) is 17.2. The molecule has 5 nitrogen and oxygen atoms in total. The van der Waals surface area contributed by atoms with Gasteiger partial charge in [-0.1, -0.05) is 0 Å². The van der Waals surface area contributed by atoms with E-state index in [1.165, 1.54) is 0 Å². The molecule has 0 aliphatic carbocycles. The van der Waals surface area contributed by atoms with Gasteiger partial charge in [-0.25, -0.2) is 0 Å². The molecule has 118 valence electrons. The first-order valence-corrected chi connectivity index (χ1v) is 8.96. The van der Waals surface area contributed by atoms with Crippen molar-refractivity contribution < 1.29 is 9.47 Å². The van der Waals surface area contributed by atoms with E-state index in [4.69, 9.17) is 9.47 Å². The van der Waals surface area contributed by atoms with Gasteiger partial charge in [0.05, 0.1) is 6.10 Å². The Labute approximate surface area is 127 Å². The molecule has 1 fully saturated rings. The van der Waals surface area contributed by atoms with Gasteiger partial charge in [0.1, 0.15) is 0 Å². The van der Waals surface area contributed by atoms with Crippen LogP contribution in [0.25, 0.3) is 0 Å². The maximum atomic E-state index is 5.83. The van der Waals surface area contributed by atoms with Gasteiger partial charge in [-0.15, -0.1) is 0 Å². The summed E-state index contributed by atoms with van der Waals surface area (Å²) in [6.07, 6.45) is 5.53. The highest BCUT2D eigenvalue weighted by Gasteiger charge is 2.13. The third kappa shape index (κ3) is 8.66. The van der Waals surface area contributed by atoms with Crippen LogP contribution in [0.4, 0.5) is 0 Å². The van der Waals surface area contributed by atoms with Gasteiger partial charge < -0.3 is 20.1 Å². The molecule has 1 saturated heterocycles. The molecular formula is C14H29N3O2S. The summed E-state index contributed by atoms with van der Waals surface area (Å²) in [4.78, 5) is 4.55. The zero-order valence-electron chi connectivity index (χ0n) is 12.8. The summed E-state index contributed by atoms with van der Waals surface area (Å²) in [7, 11) is 0. The van der Waals surface area contributed by atoms with E-state index in [1.54, 1.807) is 0 Å². The lowest BCUT2D eigenvalue weighted by Crippen LogP contribution is -2.38. The van der Waals surface area contributed by atoms with Crippen LogP contribution in [0.1, 0.15) is 26.2 Å². The van der Waals surface area contributed by atoms with Crippen molar-refractivity contribution in [2.75, 3.05) is 51.5 Å². The van der Waals surface area contributed by atoms with Crippen molar-refractivity contribution >= 4 is 17.7 Å². The second-order valence-corrected chi connectivity index (χ2v) is 5.70. The van der Waals surface area contributed by atoms with Gasteiger partial charge >= 0.3 is 0 Å². The van der Waals surface area contributed by atoms with E-state index in [2.05, 4.69) is 28.8 Å². The van der Waals surface area contributed by atoms with E-state index in [-0.39, 0.29) is 0 Å². The van der Waals surface area contributed by atoms with E-state index in [0.717, 1.165) is 70.4 Å².